The summed E-state index contributed by atoms with van der Waals surface area (Å²) in [7, 11) is 2.08. The van der Waals surface area contributed by atoms with Crippen LogP contribution in [0.2, 0.25) is 0 Å². The Morgan fingerprint density at radius 2 is 2.30 bits per heavy atom. The lowest BCUT2D eigenvalue weighted by Crippen LogP contribution is -2.44. The Morgan fingerprint density at radius 3 is 3.17 bits per heavy atom. The van der Waals surface area contributed by atoms with E-state index in [-0.39, 0.29) is 6.04 Å². The number of piperazine rings is 1. The molecule has 1 N–H and O–H groups in total. The number of likely N-dealkylation sites (N-methyl/N-ethyl adjacent to an activating group) is 1. The van der Waals surface area contributed by atoms with E-state index in [1.165, 1.54) is 0 Å². The van der Waals surface area contributed by atoms with Crippen molar-refractivity contribution in [1.29, 1.82) is 0 Å². The lowest BCUT2D eigenvalue weighted by Gasteiger charge is -2.30. The first-order valence-corrected chi connectivity index (χ1v) is 8.38. The average molecular weight is 377 g/mol. The fourth-order valence-electron chi connectivity index (χ4n) is 2.87. The minimum atomic E-state index is 0.146. The maximum atomic E-state index is 5.78. The zero-order chi connectivity index (χ0) is 15.8. The van der Waals surface area contributed by atoms with Crippen LogP contribution >= 0.6 is 15.9 Å². The molecule has 0 saturated carbocycles. The molecule has 1 fully saturated rings. The number of hydrogen-bond donors (Lipinski definition) is 1. The molecule has 0 bridgehead atoms. The predicted molar refractivity (Wildman–Crippen MR) is 90.0 cm³/mol. The highest BCUT2D eigenvalue weighted by Crippen LogP contribution is 2.32. The molecule has 2 aliphatic rings. The van der Waals surface area contributed by atoms with Crippen LogP contribution < -0.4 is 10.1 Å². The minimum absolute atomic E-state index is 0.146. The van der Waals surface area contributed by atoms with E-state index in [1.807, 2.05) is 24.3 Å². The van der Waals surface area contributed by atoms with Crippen LogP contribution in [0.3, 0.4) is 0 Å². The van der Waals surface area contributed by atoms with Crippen molar-refractivity contribution in [1.82, 2.24) is 20.4 Å². The van der Waals surface area contributed by atoms with Gasteiger partial charge >= 0.3 is 0 Å². The summed E-state index contributed by atoms with van der Waals surface area (Å²) < 4.78 is 12.3. The molecule has 0 radical (unpaired) electrons. The highest BCUT2D eigenvalue weighted by molar-refractivity contribution is 9.10. The molecule has 0 amide bonds. The molecule has 4 rings (SSSR count). The highest BCUT2D eigenvalue weighted by atomic mass is 79.9. The van der Waals surface area contributed by atoms with Crippen LogP contribution in [-0.4, -0.2) is 48.3 Å². The van der Waals surface area contributed by atoms with E-state index in [4.69, 9.17) is 9.26 Å². The number of rotatable bonds is 2. The Bertz CT molecular complexity index is 758. The molecule has 1 aromatic carbocycles. The third-order valence-corrected chi connectivity index (χ3v) is 4.70. The van der Waals surface area contributed by atoms with Crippen molar-refractivity contribution >= 4 is 27.6 Å². The van der Waals surface area contributed by atoms with Crippen LogP contribution in [0.25, 0.3) is 11.6 Å². The normalized spacial score (nSPS) is 21.5. The zero-order valence-electron chi connectivity index (χ0n) is 12.8. The van der Waals surface area contributed by atoms with Gasteiger partial charge in [0.05, 0.1) is 11.6 Å². The quantitative estimate of drug-likeness (QED) is 0.867. The first-order valence-electron chi connectivity index (χ1n) is 7.58. The second-order valence-electron chi connectivity index (χ2n) is 5.80. The summed E-state index contributed by atoms with van der Waals surface area (Å²) >= 11 is 3.48. The molecule has 7 heteroatoms. The SMILES string of the molecule is CN1CCNCC1c1noc(C2=Cc3cc(Br)ccc3OC2)n1. The van der Waals surface area contributed by atoms with Gasteiger partial charge in [-0.1, -0.05) is 21.1 Å². The Morgan fingerprint density at radius 1 is 1.39 bits per heavy atom. The van der Waals surface area contributed by atoms with E-state index in [0.717, 1.165) is 46.8 Å². The van der Waals surface area contributed by atoms with E-state index in [0.29, 0.717) is 12.5 Å². The van der Waals surface area contributed by atoms with E-state index in [9.17, 15) is 0 Å². The maximum Gasteiger partial charge on any atom is 0.257 e. The largest absolute Gasteiger partial charge is 0.488 e. The molecule has 0 spiro atoms. The second-order valence-corrected chi connectivity index (χ2v) is 6.71. The summed E-state index contributed by atoms with van der Waals surface area (Å²) in [5.41, 5.74) is 1.91. The second kappa shape index (κ2) is 6.07. The molecule has 1 unspecified atom stereocenters. The molecule has 2 aliphatic heterocycles. The summed E-state index contributed by atoms with van der Waals surface area (Å²) in [5.74, 6) is 2.12. The highest BCUT2D eigenvalue weighted by Gasteiger charge is 2.26. The van der Waals surface area contributed by atoms with Gasteiger partial charge in [0.1, 0.15) is 12.4 Å². The lowest BCUT2D eigenvalue weighted by molar-refractivity contribution is 0.190. The van der Waals surface area contributed by atoms with Crippen molar-refractivity contribution in [2.75, 3.05) is 33.3 Å². The standard InChI is InChI=1S/C16H17BrN4O2/c1-21-5-4-18-8-13(21)15-19-16(23-20-15)11-6-10-7-12(17)2-3-14(10)22-9-11/h2-3,6-7,13,18H,4-5,8-9H2,1H3. The third kappa shape index (κ3) is 2.91. The monoisotopic (exact) mass is 376 g/mol. The van der Waals surface area contributed by atoms with E-state index in [1.54, 1.807) is 0 Å². The van der Waals surface area contributed by atoms with Crippen molar-refractivity contribution in [3.05, 3.63) is 40.0 Å². The molecule has 3 heterocycles. The first-order chi connectivity index (χ1) is 11.2. The smallest absolute Gasteiger partial charge is 0.257 e. The fourth-order valence-corrected chi connectivity index (χ4v) is 3.25. The molecule has 120 valence electrons. The minimum Gasteiger partial charge on any atom is -0.488 e. The van der Waals surface area contributed by atoms with Crippen LogP contribution in [0.5, 0.6) is 5.75 Å². The number of ether oxygens (including phenoxy) is 1. The third-order valence-electron chi connectivity index (χ3n) is 4.21. The summed E-state index contributed by atoms with van der Waals surface area (Å²) in [6.45, 7) is 3.24. The van der Waals surface area contributed by atoms with Gasteiger partial charge in [-0.25, -0.2) is 0 Å². The first kappa shape index (κ1) is 14.9. The topological polar surface area (TPSA) is 63.4 Å². The number of halogens is 1. The Balaban J connectivity index is 1.62. The molecular formula is C16H17BrN4O2. The van der Waals surface area contributed by atoms with Crippen molar-refractivity contribution < 1.29 is 9.26 Å². The molecular weight excluding hydrogens is 360 g/mol. The summed E-state index contributed by atoms with van der Waals surface area (Å²) in [6.07, 6.45) is 2.05. The van der Waals surface area contributed by atoms with Crippen molar-refractivity contribution in [2.45, 2.75) is 6.04 Å². The molecule has 23 heavy (non-hydrogen) atoms. The van der Waals surface area contributed by atoms with Crippen LogP contribution in [-0.2, 0) is 0 Å². The number of benzene rings is 1. The number of fused-ring (bicyclic) bond motifs is 1. The predicted octanol–water partition coefficient (Wildman–Crippen LogP) is 2.34. The number of nitrogens with one attached hydrogen (secondary N) is 1. The van der Waals surface area contributed by atoms with Gasteiger partial charge in [0.15, 0.2) is 5.82 Å². The summed E-state index contributed by atoms with van der Waals surface area (Å²) in [4.78, 5) is 6.82. The van der Waals surface area contributed by atoms with E-state index in [2.05, 4.69) is 43.3 Å². The Labute approximate surface area is 142 Å². The van der Waals surface area contributed by atoms with Gasteiger partial charge in [0.25, 0.3) is 5.89 Å². The van der Waals surface area contributed by atoms with E-state index < -0.39 is 0 Å². The Kier molecular flexibility index (Phi) is 3.92. The van der Waals surface area contributed by atoms with Crippen LogP contribution in [0, 0.1) is 0 Å². The fraction of sp³-hybridized carbons (Fsp3) is 0.375. The molecule has 1 atom stereocenters. The van der Waals surface area contributed by atoms with Gasteiger partial charge < -0.3 is 14.6 Å². The maximum absolute atomic E-state index is 5.78. The number of aromatic nitrogens is 2. The molecule has 2 aromatic rings. The van der Waals surface area contributed by atoms with E-state index >= 15 is 0 Å². The lowest BCUT2D eigenvalue weighted by atomic mass is 10.1. The molecule has 1 saturated heterocycles. The van der Waals surface area contributed by atoms with Crippen molar-refractivity contribution in [2.24, 2.45) is 0 Å². The zero-order valence-corrected chi connectivity index (χ0v) is 14.3. The van der Waals surface area contributed by atoms with Crippen LogP contribution in [0.15, 0.2) is 27.2 Å². The number of nitrogens with zero attached hydrogens (tertiary/aromatic N) is 3. The average Bonchev–Trinajstić information content (AvgIpc) is 3.04. The van der Waals surface area contributed by atoms with Gasteiger partial charge in [-0.3, -0.25) is 4.90 Å². The van der Waals surface area contributed by atoms with Crippen molar-refractivity contribution in [3.63, 3.8) is 0 Å². The van der Waals surface area contributed by atoms with Gasteiger partial charge in [0, 0.05) is 29.7 Å². The van der Waals surface area contributed by atoms with Crippen molar-refractivity contribution in [3.8, 4) is 5.75 Å². The van der Waals surface area contributed by atoms with Gasteiger partial charge in [-0.05, 0) is 31.3 Å². The van der Waals surface area contributed by atoms with Crippen LogP contribution in [0.4, 0.5) is 0 Å². The van der Waals surface area contributed by atoms with Gasteiger partial charge in [-0.15, -0.1) is 0 Å². The Hall–Kier alpha value is -1.70. The summed E-state index contributed by atoms with van der Waals surface area (Å²) in [6, 6.07) is 6.08. The van der Waals surface area contributed by atoms with Gasteiger partial charge in [0.2, 0.25) is 0 Å². The molecule has 6 nitrogen and oxygen atoms in total. The number of hydrogen-bond acceptors (Lipinski definition) is 6. The summed E-state index contributed by atoms with van der Waals surface area (Å²) in [5, 5.41) is 7.53. The molecule has 1 aromatic heterocycles. The van der Waals surface area contributed by atoms with Crippen LogP contribution in [0.1, 0.15) is 23.3 Å². The van der Waals surface area contributed by atoms with Gasteiger partial charge in [-0.2, -0.15) is 4.98 Å². The molecule has 0 aliphatic carbocycles.